The number of fused-ring (bicyclic) bond motifs is 1. The van der Waals surface area contributed by atoms with E-state index in [1.165, 1.54) is 12.1 Å². The summed E-state index contributed by atoms with van der Waals surface area (Å²) in [5.74, 6) is 1.14. The summed E-state index contributed by atoms with van der Waals surface area (Å²) in [7, 11) is 0. The summed E-state index contributed by atoms with van der Waals surface area (Å²) < 4.78 is 12.9. The molecule has 5 nitrogen and oxygen atoms in total. The van der Waals surface area contributed by atoms with Crippen LogP contribution in [0.15, 0.2) is 30.5 Å². The first kappa shape index (κ1) is 9.98. The van der Waals surface area contributed by atoms with Gasteiger partial charge >= 0.3 is 0 Å². The number of nitrogens with one attached hydrogen (secondary N) is 2. The van der Waals surface area contributed by atoms with E-state index in [2.05, 4.69) is 20.9 Å². The first-order valence-corrected chi connectivity index (χ1v) is 5.15. The maximum atomic E-state index is 12.9. The fourth-order valence-electron chi connectivity index (χ4n) is 1.66. The van der Waals surface area contributed by atoms with Crippen LogP contribution in [0.5, 0.6) is 0 Å². The number of aryl methyl sites for hydroxylation is 1. The molecule has 0 aliphatic carbocycles. The van der Waals surface area contributed by atoms with Crippen molar-refractivity contribution in [3.05, 3.63) is 42.1 Å². The molecule has 86 valence electrons. The minimum absolute atomic E-state index is 0.264. The van der Waals surface area contributed by atoms with Crippen LogP contribution in [0.4, 0.5) is 21.6 Å². The normalized spacial score (nSPS) is 13.4. The number of nitrogens with zero attached hydrogens (tertiary/aromatic N) is 3. The molecule has 0 saturated carbocycles. The van der Waals surface area contributed by atoms with E-state index in [1.807, 2.05) is 6.92 Å². The van der Waals surface area contributed by atoms with Crippen LogP contribution in [0.25, 0.3) is 0 Å². The molecule has 0 saturated heterocycles. The Hall–Kier alpha value is -2.21. The number of rotatable bonds is 1. The van der Waals surface area contributed by atoms with Gasteiger partial charge in [-0.2, -0.15) is 0 Å². The SMILES string of the molecule is Cc1ncc2c(n1)N(c1ccc(F)cc1)NN2. The van der Waals surface area contributed by atoms with Crippen molar-refractivity contribution < 1.29 is 4.39 Å². The van der Waals surface area contributed by atoms with Crippen LogP contribution in [-0.2, 0) is 0 Å². The molecule has 0 amide bonds. The Kier molecular flexibility index (Phi) is 2.15. The van der Waals surface area contributed by atoms with Crippen LogP contribution >= 0.6 is 0 Å². The Bertz CT molecular complexity index is 554. The molecular formula is C11H10FN5. The maximum Gasteiger partial charge on any atom is 0.177 e. The van der Waals surface area contributed by atoms with Gasteiger partial charge in [0.1, 0.15) is 17.3 Å². The number of hydrazine groups is 2. The summed E-state index contributed by atoms with van der Waals surface area (Å²) in [5.41, 5.74) is 7.48. The van der Waals surface area contributed by atoms with Gasteiger partial charge < -0.3 is 0 Å². The highest BCUT2D eigenvalue weighted by molar-refractivity contribution is 5.75. The third-order valence-corrected chi connectivity index (χ3v) is 2.49. The van der Waals surface area contributed by atoms with E-state index in [-0.39, 0.29) is 5.82 Å². The second-order valence-electron chi connectivity index (χ2n) is 3.70. The molecule has 1 aromatic heterocycles. The number of benzene rings is 1. The molecule has 17 heavy (non-hydrogen) atoms. The molecule has 0 unspecified atom stereocenters. The van der Waals surface area contributed by atoms with Gasteiger partial charge in [-0.05, 0) is 31.2 Å². The molecule has 1 aliphatic heterocycles. The summed E-state index contributed by atoms with van der Waals surface area (Å²) in [6.07, 6.45) is 1.70. The van der Waals surface area contributed by atoms with Crippen molar-refractivity contribution >= 4 is 17.2 Å². The van der Waals surface area contributed by atoms with Gasteiger partial charge in [-0.25, -0.2) is 19.4 Å². The van der Waals surface area contributed by atoms with Gasteiger partial charge in [-0.15, -0.1) is 5.53 Å². The molecule has 0 atom stereocenters. The summed E-state index contributed by atoms with van der Waals surface area (Å²) in [6, 6.07) is 6.17. The van der Waals surface area contributed by atoms with Crippen molar-refractivity contribution in [3.63, 3.8) is 0 Å². The van der Waals surface area contributed by atoms with Crippen molar-refractivity contribution in [3.8, 4) is 0 Å². The fourth-order valence-corrected chi connectivity index (χ4v) is 1.66. The van der Waals surface area contributed by atoms with Gasteiger partial charge in [0.2, 0.25) is 0 Å². The molecule has 3 rings (SSSR count). The Balaban J connectivity index is 2.03. The van der Waals surface area contributed by atoms with Crippen LogP contribution < -0.4 is 16.0 Å². The second-order valence-corrected chi connectivity index (χ2v) is 3.70. The van der Waals surface area contributed by atoms with E-state index in [9.17, 15) is 4.39 Å². The van der Waals surface area contributed by atoms with Gasteiger partial charge in [-0.1, -0.05) is 0 Å². The predicted octanol–water partition coefficient (Wildman–Crippen LogP) is 1.91. The van der Waals surface area contributed by atoms with Crippen molar-refractivity contribution in [2.75, 3.05) is 10.4 Å². The Morgan fingerprint density at radius 3 is 2.76 bits per heavy atom. The highest BCUT2D eigenvalue weighted by Crippen LogP contribution is 2.31. The van der Waals surface area contributed by atoms with E-state index in [1.54, 1.807) is 23.3 Å². The lowest BCUT2D eigenvalue weighted by atomic mass is 10.3. The molecule has 2 N–H and O–H groups in total. The van der Waals surface area contributed by atoms with Gasteiger partial charge in [0.15, 0.2) is 5.82 Å². The van der Waals surface area contributed by atoms with Gasteiger partial charge in [0.25, 0.3) is 0 Å². The summed E-state index contributed by atoms with van der Waals surface area (Å²) in [5, 5.41) is 1.74. The fraction of sp³-hybridized carbons (Fsp3) is 0.0909. The minimum atomic E-state index is -0.264. The third kappa shape index (κ3) is 1.68. The number of hydrogen-bond acceptors (Lipinski definition) is 5. The summed E-state index contributed by atoms with van der Waals surface area (Å²) in [6.45, 7) is 1.82. The Morgan fingerprint density at radius 1 is 1.24 bits per heavy atom. The lowest BCUT2D eigenvalue weighted by Crippen LogP contribution is -2.31. The van der Waals surface area contributed by atoms with Crippen molar-refractivity contribution in [2.24, 2.45) is 0 Å². The highest BCUT2D eigenvalue weighted by atomic mass is 19.1. The molecule has 1 aromatic carbocycles. The second kappa shape index (κ2) is 3.67. The Labute approximate surface area is 97.3 Å². The molecule has 2 aromatic rings. The quantitative estimate of drug-likeness (QED) is 0.785. The number of hydrogen-bond donors (Lipinski definition) is 2. The van der Waals surface area contributed by atoms with E-state index in [4.69, 9.17) is 0 Å². The average molecular weight is 231 g/mol. The zero-order valence-corrected chi connectivity index (χ0v) is 9.11. The Morgan fingerprint density at radius 2 is 2.00 bits per heavy atom. The molecule has 0 fully saturated rings. The van der Waals surface area contributed by atoms with E-state index in [0.29, 0.717) is 5.82 Å². The van der Waals surface area contributed by atoms with Gasteiger partial charge in [0, 0.05) is 0 Å². The molecule has 0 spiro atoms. The van der Waals surface area contributed by atoms with Crippen molar-refractivity contribution in [1.82, 2.24) is 15.5 Å². The van der Waals surface area contributed by atoms with Crippen molar-refractivity contribution in [2.45, 2.75) is 6.92 Å². The first-order chi connectivity index (χ1) is 8.24. The lowest BCUT2D eigenvalue weighted by Gasteiger charge is -2.16. The summed E-state index contributed by atoms with van der Waals surface area (Å²) in [4.78, 5) is 8.42. The van der Waals surface area contributed by atoms with Crippen LogP contribution in [-0.4, -0.2) is 9.97 Å². The smallest absolute Gasteiger partial charge is 0.177 e. The molecule has 0 bridgehead atoms. The molecule has 2 heterocycles. The van der Waals surface area contributed by atoms with Crippen LogP contribution in [0, 0.1) is 12.7 Å². The van der Waals surface area contributed by atoms with Crippen molar-refractivity contribution in [1.29, 1.82) is 0 Å². The highest BCUT2D eigenvalue weighted by Gasteiger charge is 2.21. The maximum absolute atomic E-state index is 12.9. The van der Waals surface area contributed by atoms with Crippen LogP contribution in [0.3, 0.4) is 0 Å². The molecule has 6 heteroatoms. The van der Waals surface area contributed by atoms with E-state index >= 15 is 0 Å². The molecular weight excluding hydrogens is 221 g/mol. The summed E-state index contributed by atoms with van der Waals surface area (Å²) >= 11 is 0. The number of halogens is 1. The predicted molar refractivity (Wildman–Crippen MR) is 62.1 cm³/mol. The number of anilines is 3. The van der Waals surface area contributed by atoms with Gasteiger partial charge in [-0.3, -0.25) is 5.43 Å². The monoisotopic (exact) mass is 231 g/mol. The lowest BCUT2D eigenvalue weighted by molar-refractivity contribution is 0.627. The standard InChI is InChI=1S/C11H10FN5/c1-7-13-6-10-11(14-7)17(16-15-10)9-4-2-8(12)3-5-9/h2-6,15-16H,1H3. The van der Waals surface area contributed by atoms with E-state index < -0.39 is 0 Å². The van der Waals surface area contributed by atoms with E-state index in [0.717, 1.165) is 17.2 Å². The zero-order chi connectivity index (χ0) is 11.8. The first-order valence-electron chi connectivity index (χ1n) is 5.15. The average Bonchev–Trinajstić information content (AvgIpc) is 2.73. The molecule has 0 radical (unpaired) electrons. The van der Waals surface area contributed by atoms with Crippen LogP contribution in [0.1, 0.15) is 5.82 Å². The van der Waals surface area contributed by atoms with Crippen LogP contribution in [0.2, 0.25) is 0 Å². The molecule has 1 aliphatic rings. The number of aromatic nitrogens is 2. The topological polar surface area (TPSA) is 53.1 Å². The van der Waals surface area contributed by atoms with Gasteiger partial charge in [0.05, 0.1) is 11.9 Å². The zero-order valence-electron chi connectivity index (χ0n) is 9.11. The largest absolute Gasteiger partial charge is 0.298 e. The minimum Gasteiger partial charge on any atom is -0.298 e. The third-order valence-electron chi connectivity index (χ3n) is 2.49.